The molecule has 24 heavy (non-hydrogen) atoms. The second-order valence-electron chi connectivity index (χ2n) is 4.69. The van der Waals surface area contributed by atoms with E-state index in [0.29, 0.717) is 4.88 Å². The predicted octanol–water partition coefficient (Wildman–Crippen LogP) is 3.70. The molecule has 128 valence electrons. The van der Waals surface area contributed by atoms with Gasteiger partial charge in [-0.15, -0.1) is 22.7 Å². The number of halogens is 3. The smallest absolute Gasteiger partial charge is 0.273 e. The van der Waals surface area contributed by atoms with Gasteiger partial charge in [-0.3, -0.25) is 5.10 Å². The minimum absolute atomic E-state index is 0.0191. The van der Waals surface area contributed by atoms with Crippen LogP contribution >= 0.6 is 22.7 Å². The second-order valence-corrected chi connectivity index (χ2v) is 8.80. The first-order chi connectivity index (χ1) is 11.3. The molecule has 3 rings (SSSR count). The molecule has 3 aromatic heterocycles. The minimum Gasteiger partial charge on any atom is -0.273 e. The molecule has 0 aliphatic rings. The third-order valence-electron chi connectivity index (χ3n) is 3.00. The van der Waals surface area contributed by atoms with Crippen molar-refractivity contribution in [3.8, 4) is 10.6 Å². The summed E-state index contributed by atoms with van der Waals surface area (Å²) < 4.78 is 64.7. The molecule has 0 amide bonds. The Morgan fingerprint density at radius 2 is 2.04 bits per heavy atom. The third kappa shape index (κ3) is 3.69. The zero-order valence-corrected chi connectivity index (χ0v) is 14.2. The molecule has 3 heterocycles. The maximum absolute atomic E-state index is 12.6. The lowest BCUT2D eigenvalue weighted by Crippen LogP contribution is -2.21. The van der Waals surface area contributed by atoms with Crippen molar-refractivity contribution in [1.29, 1.82) is 0 Å². The lowest BCUT2D eigenvalue weighted by Gasteiger charge is -2.02. The van der Waals surface area contributed by atoms with Crippen molar-refractivity contribution in [1.82, 2.24) is 14.9 Å². The number of sulfonamides is 1. The first kappa shape index (κ1) is 17.1. The highest BCUT2D eigenvalue weighted by atomic mass is 32.2. The van der Waals surface area contributed by atoms with Gasteiger partial charge < -0.3 is 0 Å². The van der Waals surface area contributed by atoms with Crippen LogP contribution in [-0.2, 0) is 22.7 Å². The SMILES string of the molecule is O=S(=O)(NCc1cccs1)c1ccc(-c2cc(C(F)(F)F)[nH]n2)s1. The van der Waals surface area contributed by atoms with Crippen LogP contribution in [0.3, 0.4) is 0 Å². The van der Waals surface area contributed by atoms with Gasteiger partial charge in [-0.1, -0.05) is 6.07 Å². The molecule has 0 saturated heterocycles. The number of hydrogen-bond donors (Lipinski definition) is 2. The first-order valence-corrected chi connectivity index (χ1v) is 9.68. The zero-order chi connectivity index (χ0) is 17.4. The van der Waals surface area contributed by atoms with Crippen LogP contribution in [0.2, 0.25) is 0 Å². The number of rotatable bonds is 5. The van der Waals surface area contributed by atoms with Gasteiger partial charge in [0.2, 0.25) is 10.0 Å². The molecule has 11 heteroatoms. The molecule has 0 unspecified atom stereocenters. The van der Waals surface area contributed by atoms with E-state index in [2.05, 4.69) is 9.82 Å². The van der Waals surface area contributed by atoms with Gasteiger partial charge in [0.15, 0.2) is 0 Å². The van der Waals surface area contributed by atoms with Gasteiger partial charge in [-0.05, 0) is 29.6 Å². The van der Waals surface area contributed by atoms with E-state index in [0.717, 1.165) is 22.3 Å². The fourth-order valence-electron chi connectivity index (χ4n) is 1.85. The molecule has 0 bridgehead atoms. The van der Waals surface area contributed by atoms with E-state index >= 15 is 0 Å². The minimum atomic E-state index is -4.53. The van der Waals surface area contributed by atoms with Crippen molar-refractivity contribution in [2.75, 3.05) is 0 Å². The summed E-state index contributed by atoms with van der Waals surface area (Å²) in [6.07, 6.45) is -4.53. The fraction of sp³-hybridized carbons (Fsp3) is 0.154. The summed E-state index contributed by atoms with van der Waals surface area (Å²) in [5.74, 6) is 0. The molecule has 0 aromatic carbocycles. The number of aromatic nitrogens is 2. The van der Waals surface area contributed by atoms with Crippen molar-refractivity contribution in [3.05, 3.63) is 46.3 Å². The summed E-state index contributed by atoms with van der Waals surface area (Å²) >= 11 is 2.28. The Bertz CT molecular complexity index is 927. The largest absolute Gasteiger partial charge is 0.432 e. The normalized spacial score (nSPS) is 12.6. The van der Waals surface area contributed by atoms with Crippen molar-refractivity contribution >= 4 is 32.7 Å². The van der Waals surface area contributed by atoms with Gasteiger partial charge in [-0.2, -0.15) is 18.3 Å². The summed E-state index contributed by atoms with van der Waals surface area (Å²) in [4.78, 5) is 1.19. The third-order valence-corrected chi connectivity index (χ3v) is 6.88. The lowest BCUT2D eigenvalue weighted by atomic mass is 10.3. The topological polar surface area (TPSA) is 74.8 Å². The van der Waals surface area contributed by atoms with Crippen molar-refractivity contribution in [2.24, 2.45) is 0 Å². The average molecular weight is 393 g/mol. The van der Waals surface area contributed by atoms with Gasteiger partial charge in [0.05, 0.1) is 4.88 Å². The standard InChI is InChI=1S/C13H10F3N3O2S3/c14-13(15,16)11-6-9(18-19-11)10-3-4-12(23-10)24(20,21)17-7-8-2-1-5-22-8/h1-6,17H,7H2,(H,18,19). The number of aromatic amines is 1. The van der Waals surface area contributed by atoms with E-state index in [-0.39, 0.29) is 16.4 Å². The van der Waals surface area contributed by atoms with Crippen LogP contribution < -0.4 is 4.72 Å². The van der Waals surface area contributed by atoms with Crippen molar-refractivity contribution in [2.45, 2.75) is 16.9 Å². The Kier molecular flexibility index (Phi) is 4.51. The average Bonchev–Trinajstić information content (AvgIpc) is 3.23. The Morgan fingerprint density at radius 3 is 2.67 bits per heavy atom. The van der Waals surface area contributed by atoms with E-state index in [1.165, 1.54) is 23.5 Å². The summed E-state index contributed by atoms with van der Waals surface area (Å²) in [6.45, 7) is 0.161. The molecule has 5 nitrogen and oxygen atoms in total. The highest BCUT2D eigenvalue weighted by molar-refractivity contribution is 7.91. The maximum Gasteiger partial charge on any atom is 0.432 e. The van der Waals surface area contributed by atoms with E-state index in [9.17, 15) is 21.6 Å². The highest BCUT2D eigenvalue weighted by Gasteiger charge is 2.33. The predicted molar refractivity (Wildman–Crippen MR) is 85.2 cm³/mol. The summed E-state index contributed by atoms with van der Waals surface area (Å²) in [5.41, 5.74) is -0.932. The molecule has 3 aromatic rings. The zero-order valence-electron chi connectivity index (χ0n) is 11.8. The Labute approximate surface area is 143 Å². The Hall–Kier alpha value is -1.69. The quantitative estimate of drug-likeness (QED) is 0.694. The summed E-state index contributed by atoms with van der Waals surface area (Å²) in [7, 11) is -3.73. The van der Waals surface area contributed by atoms with Crippen molar-refractivity contribution < 1.29 is 21.6 Å². The molecule has 0 aliphatic heterocycles. The Balaban J connectivity index is 1.78. The highest BCUT2D eigenvalue weighted by Crippen LogP contribution is 2.34. The Morgan fingerprint density at radius 1 is 1.25 bits per heavy atom. The molecule has 0 spiro atoms. The number of alkyl halides is 3. The van der Waals surface area contributed by atoms with Gasteiger partial charge in [0.1, 0.15) is 15.6 Å². The summed E-state index contributed by atoms with van der Waals surface area (Å²) in [6, 6.07) is 7.24. The van der Waals surface area contributed by atoms with Crippen LogP contribution in [0, 0.1) is 0 Å². The number of thiophene rings is 2. The van der Waals surface area contributed by atoms with Crippen LogP contribution in [0.5, 0.6) is 0 Å². The number of nitrogens with zero attached hydrogens (tertiary/aromatic N) is 1. The van der Waals surface area contributed by atoms with Gasteiger partial charge in [0.25, 0.3) is 0 Å². The number of H-pyrrole nitrogens is 1. The van der Waals surface area contributed by atoms with Crippen LogP contribution in [0.4, 0.5) is 13.2 Å². The number of nitrogens with one attached hydrogen (secondary N) is 2. The van der Waals surface area contributed by atoms with E-state index in [1.807, 2.05) is 16.5 Å². The molecule has 0 aliphatic carbocycles. The number of hydrogen-bond acceptors (Lipinski definition) is 5. The monoisotopic (exact) mass is 393 g/mol. The first-order valence-electron chi connectivity index (χ1n) is 6.50. The molecule has 0 saturated carbocycles. The van der Waals surface area contributed by atoms with E-state index in [1.54, 1.807) is 6.07 Å². The van der Waals surface area contributed by atoms with Gasteiger partial charge in [-0.25, -0.2) is 13.1 Å². The van der Waals surface area contributed by atoms with Crippen LogP contribution in [-0.4, -0.2) is 18.6 Å². The van der Waals surface area contributed by atoms with Crippen LogP contribution in [0.15, 0.2) is 39.9 Å². The summed E-state index contributed by atoms with van der Waals surface area (Å²) in [5, 5.41) is 7.33. The van der Waals surface area contributed by atoms with Gasteiger partial charge in [0, 0.05) is 11.4 Å². The fourth-order valence-corrected chi connectivity index (χ4v) is 4.90. The molecule has 2 N–H and O–H groups in total. The van der Waals surface area contributed by atoms with E-state index < -0.39 is 21.9 Å². The maximum atomic E-state index is 12.6. The van der Waals surface area contributed by atoms with E-state index in [4.69, 9.17) is 0 Å². The molecule has 0 fully saturated rings. The molecular formula is C13H10F3N3O2S3. The lowest BCUT2D eigenvalue weighted by molar-refractivity contribution is -0.141. The molecule has 0 radical (unpaired) electrons. The molecule has 0 atom stereocenters. The van der Waals surface area contributed by atoms with Crippen molar-refractivity contribution in [3.63, 3.8) is 0 Å². The second kappa shape index (κ2) is 6.31. The van der Waals surface area contributed by atoms with Gasteiger partial charge >= 0.3 is 6.18 Å². The van der Waals surface area contributed by atoms with Crippen LogP contribution in [0.25, 0.3) is 10.6 Å². The van der Waals surface area contributed by atoms with Crippen LogP contribution in [0.1, 0.15) is 10.6 Å². The molecular weight excluding hydrogens is 383 g/mol.